The molecule has 70 heavy (non-hydrogen) atoms. The third-order valence-electron chi connectivity index (χ3n) is 15.2. The normalized spacial score (nSPS) is 22.6. The highest BCUT2D eigenvalue weighted by molar-refractivity contribution is 6.00. The fourth-order valence-electron chi connectivity index (χ4n) is 11.2. The number of nitrogens with one attached hydrogen (secondary N) is 2. The predicted molar refractivity (Wildman–Crippen MR) is 257 cm³/mol. The fourth-order valence-corrected chi connectivity index (χ4v) is 11.2. The number of nitrogens with zero attached hydrogens (tertiary/aromatic N) is 4. The third-order valence-corrected chi connectivity index (χ3v) is 15.2. The van der Waals surface area contributed by atoms with Crippen LogP contribution in [0, 0.1) is 23.0 Å². The van der Waals surface area contributed by atoms with Crippen molar-refractivity contribution in [3.05, 3.63) is 99.5 Å². The standard InChI is InChI=1S/C53H65F5N6O6/c1-50(2,53(56,57)58)32-62(27-23-52(24-28-70-51(3,4)31-52)36-12-14-38(69-6)15-13-36)30-33-7-16-39(40(54)29-33)34-8-10-35(11-9-34)48(67)63-25-21-37(22-26-63)59-41-17-18-42-46(45(41)55)61(5)49(68)64(42)43-19-20-44(65)60-47(43)66/h7-8,12-18,29,35,37,43,59H,9-11,19-28,30-32H2,1-6H3,(H,60,65,66)/t35-,43?,52+/m0/s1. The molecule has 3 atom stereocenters. The molecule has 4 aliphatic rings. The number of imide groups is 1. The van der Waals surface area contributed by atoms with Crippen LogP contribution in [0.4, 0.5) is 27.6 Å². The third kappa shape index (κ3) is 10.6. The van der Waals surface area contributed by atoms with Gasteiger partial charge in [0.15, 0.2) is 5.82 Å². The number of anilines is 1. The van der Waals surface area contributed by atoms with Crippen LogP contribution in [0.25, 0.3) is 16.6 Å². The van der Waals surface area contributed by atoms with Gasteiger partial charge in [-0.2, -0.15) is 13.2 Å². The number of piperidine rings is 2. The molecule has 4 heterocycles. The number of ether oxygens (including phenoxy) is 2. The Kier molecular flexibility index (Phi) is 14.5. The van der Waals surface area contributed by atoms with Crippen molar-refractivity contribution in [2.75, 3.05) is 45.2 Å². The molecular formula is C53H65F5N6O6. The molecule has 1 aliphatic carbocycles. The number of hydrogen-bond donors (Lipinski definition) is 2. The summed E-state index contributed by atoms with van der Waals surface area (Å²) in [4.78, 5) is 54.9. The molecule has 0 radical (unpaired) electrons. The molecule has 378 valence electrons. The van der Waals surface area contributed by atoms with Crippen LogP contribution >= 0.6 is 0 Å². The highest BCUT2D eigenvalue weighted by Gasteiger charge is 2.49. The number of hydrogen-bond acceptors (Lipinski definition) is 8. The number of rotatable bonds is 14. The number of methoxy groups -OCH3 is 1. The van der Waals surface area contributed by atoms with E-state index >= 15 is 8.78 Å². The zero-order valence-electron chi connectivity index (χ0n) is 40.9. The summed E-state index contributed by atoms with van der Waals surface area (Å²) in [7, 11) is 3.05. The van der Waals surface area contributed by atoms with E-state index < -0.39 is 52.4 Å². The van der Waals surface area contributed by atoms with Crippen LogP contribution in [0.15, 0.2) is 65.5 Å². The minimum Gasteiger partial charge on any atom is -0.497 e. The van der Waals surface area contributed by atoms with Crippen molar-refractivity contribution in [1.29, 1.82) is 0 Å². The number of carbonyl (C=O) groups is 3. The minimum absolute atomic E-state index is 0.0157. The van der Waals surface area contributed by atoms with Gasteiger partial charge in [0, 0.05) is 69.2 Å². The molecule has 4 aromatic rings. The molecule has 0 bridgehead atoms. The number of carbonyl (C=O) groups excluding carboxylic acids is 3. The lowest BCUT2D eigenvalue weighted by atomic mass is 9.67. The van der Waals surface area contributed by atoms with Crippen LogP contribution in [0.2, 0.25) is 0 Å². The molecule has 1 aromatic heterocycles. The first kappa shape index (κ1) is 50.8. The van der Waals surface area contributed by atoms with Crippen LogP contribution in [-0.4, -0.2) is 94.4 Å². The lowest BCUT2D eigenvalue weighted by molar-refractivity contribution is -0.217. The smallest absolute Gasteiger partial charge is 0.395 e. The number of likely N-dealkylation sites (tertiary alicyclic amines) is 1. The molecule has 1 unspecified atom stereocenters. The molecule has 8 rings (SSSR count). The van der Waals surface area contributed by atoms with E-state index in [4.69, 9.17) is 9.47 Å². The molecule has 3 fully saturated rings. The molecule has 3 amide bonds. The van der Waals surface area contributed by atoms with E-state index in [1.165, 1.54) is 36.1 Å². The quantitative estimate of drug-likeness (QED) is 0.0947. The van der Waals surface area contributed by atoms with E-state index in [1.807, 2.05) is 49.1 Å². The van der Waals surface area contributed by atoms with E-state index in [0.717, 1.165) is 16.9 Å². The number of halogens is 5. The van der Waals surface area contributed by atoms with Crippen LogP contribution in [-0.2, 0) is 38.1 Å². The van der Waals surface area contributed by atoms with Crippen molar-refractivity contribution in [3.63, 3.8) is 0 Å². The lowest BCUT2D eigenvalue weighted by Crippen LogP contribution is -2.47. The van der Waals surface area contributed by atoms with E-state index in [-0.39, 0.29) is 65.9 Å². The Hall–Kier alpha value is -5.55. The van der Waals surface area contributed by atoms with E-state index in [1.54, 1.807) is 36.3 Å². The Balaban J connectivity index is 0.889. The maximum Gasteiger partial charge on any atom is 0.395 e. The molecular weight excluding hydrogens is 912 g/mol. The van der Waals surface area contributed by atoms with Crippen molar-refractivity contribution in [1.82, 2.24) is 24.3 Å². The second-order valence-electron chi connectivity index (χ2n) is 21.1. The van der Waals surface area contributed by atoms with Crippen molar-refractivity contribution in [2.24, 2.45) is 18.4 Å². The second kappa shape index (κ2) is 19.9. The summed E-state index contributed by atoms with van der Waals surface area (Å²) in [6.45, 7) is 8.14. The zero-order chi connectivity index (χ0) is 50.3. The molecule has 3 aromatic carbocycles. The highest BCUT2D eigenvalue weighted by Crippen LogP contribution is 2.46. The van der Waals surface area contributed by atoms with Crippen LogP contribution in [0.1, 0.15) is 115 Å². The van der Waals surface area contributed by atoms with Gasteiger partial charge in [-0.1, -0.05) is 30.3 Å². The number of imidazole rings is 1. The van der Waals surface area contributed by atoms with Gasteiger partial charge in [0.05, 0.1) is 29.3 Å². The van der Waals surface area contributed by atoms with Gasteiger partial charge in [0.1, 0.15) is 23.1 Å². The Labute approximate surface area is 405 Å². The van der Waals surface area contributed by atoms with Crippen LogP contribution in [0.5, 0.6) is 5.75 Å². The predicted octanol–water partition coefficient (Wildman–Crippen LogP) is 9.20. The van der Waals surface area contributed by atoms with Gasteiger partial charge in [0.2, 0.25) is 17.7 Å². The van der Waals surface area contributed by atoms with Crippen molar-refractivity contribution >= 4 is 40.0 Å². The average Bonchev–Trinajstić information content (AvgIpc) is 3.57. The van der Waals surface area contributed by atoms with Crippen LogP contribution < -0.4 is 21.1 Å². The van der Waals surface area contributed by atoms with Gasteiger partial charge in [-0.3, -0.25) is 33.7 Å². The first-order valence-electron chi connectivity index (χ1n) is 24.4. The summed E-state index contributed by atoms with van der Waals surface area (Å²) in [6.07, 6.45) is 2.23. The summed E-state index contributed by atoms with van der Waals surface area (Å²) in [6, 6.07) is 14.9. The molecule has 3 saturated heterocycles. The van der Waals surface area contributed by atoms with Gasteiger partial charge in [0.25, 0.3) is 0 Å². The van der Waals surface area contributed by atoms with Gasteiger partial charge in [-0.15, -0.1) is 0 Å². The maximum absolute atomic E-state index is 16.1. The van der Waals surface area contributed by atoms with Crippen molar-refractivity contribution in [3.8, 4) is 5.75 Å². The SMILES string of the molecule is COc1ccc([C@]2(CCN(Cc3ccc(C4=CC[C@H](C(=O)N5CCC(Nc6ccc7c(c6F)n(C)c(=O)n7C6CCC(=O)NC6=O)CC5)CC4)c(F)c3)CC(C)(C)C(F)(F)F)CCOC(C)(C)C2)cc1. The summed E-state index contributed by atoms with van der Waals surface area (Å²) in [5, 5.41) is 5.52. The Morgan fingerprint density at radius 3 is 2.33 bits per heavy atom. The largest absolute Gasteiger partial charge is 0.497 e. The first-order chi connectivity index (χ1) is 33.1. The van der Waals surface area contributed by atoms with E-state index in [9.17, 15) is 32.3 Å². The average molecular weight is 977 g/mol. The fraction of sp³-hybridized carbons (Fsp3) is 0.547. The summed E-state index contributed by atoms with van der Waals surface area (Å²) in [5.74, 6) is -1.64. The Bertz CT molecular complexity index is 2700. The van der Waals surface area contributed by atoms with Crippen molar-refractivity contribution < 1.29 is 45.8 Å². The first-order valence-corrected chi connectivity index (χ1v) is 24.4. The van der Waals surface area contributed by atoms with Gasteiger partial charge in [-0.25, -0.2) is 13.6 Å². The van der Waals surface area contributed by atoms with Gasteiger partial charge in [-0.05, 0) is 139 Å². The molecule has 0 spiro atoms. The number of benzene rings is 3. The van der Waals surface area contributed by atoms with Gasteiger partial charge < -0.3 is 19.7 Å². The number of amides is 3. The Morgan fingerprint density at radius 2 is 1.70 bits per heavy atom. The van der Waals surface area contributed by atoms with E-state index in [0.29, 0.717) is 88.7 Å². The lowest BCUT2D eigenvalue weighted by Gasteiger charge is -2.46. The minimum atomic E-state index is -4.45. The Morgan fingerprint density at radius 1 is 0.971 bits per heavy atom. The number of aromatic nitrogens is 2. The second-order valence-corrected chi connectivity index (χ2v) is 21.1. The molecule has 12 nitrogen and oxygen atoms in total. The van der Waals surface area contributed by atoms with E-state index in [2.05, 4.69) is 10.6 Å². The maximum atomic E-state index is 16.1. The molecule has 0 saturated carbocycles. The monoisotopic (exact) mass is 976 g/mol. The van der Waals surface area contributed by atoms with Crippen LogP contribution in [0.3, 0.4) is 0 Å². The van der Waals surface area contributed by atoms with Crippen molar-refractivity contribution in [2.45, 2.75) is 128 Å². The number of allylic oxidation sites excluding steroid dienone is 2. The molecule has 17 heteroatoms. The summed E-state index contributed by atoms with van der Waals surface area (Å²) >= 11 is 0. The summed E-state index contributed by atoms with van der Waals surface area (Å²) < 4.78 is 89.2. The zero-order valence-corrected chi connectivity index (χ0v) is 40.9. The number of fused-ring (bicyclic) bond motifs is 1. The molecule has 2 N–H and O–H groups in total. The van der Waals surface area contributed by atoms with Gasteiger partial charge >= 0.3 is 11.9 Å². The number of aryl methyl sites for hydroxylation is 1. The summed E-state index contributed by atoms with van der Waals surface area (Å²) in [5.41, 5.74) is 0.00282. The molecule has 3 aliphatic heterocycles. The number of alkyl halides is 3. The highest BCUT2D eigenvalue weighted by atomic mass is 19.4. The topological polar surface area (TPSA) is 127 Å².